The van der Waals surface area contributed by atoms with E-state index in [-0.39, 0.29) is 24.0 Å². The van der Waals surface area contributed by atoms with Crippen molar-refractivity contribution >= 4 is 5.97 Å². The molecule has 0 amide bonds. The van der Waals surface area contributed by atoms with Crippen LogP contribution in [0.1, 0.15) is 43.4 Å². The van der Waals surface area contributed by atoms with Crippen molar-refractivity contribution < 1.29 is 23.4 Å². The van der Waals surface area contributed by atoms with Crippen molar-refractivity contribution in [3.05, 3.63) is 71.3 Å². The zero-order valence-corrected chi connectivity index (χ0v) is 17.3. The van der Waals surface area contributed by atoms with E-state index in [1.807, 2.05) is 0 Å². The van der Waals surface area contributed by atoms with Crippen molar-refractivity contribution in [2.75, 3.05) is 26.2 Å². The number of carboxylic acids is 1. The maximum absolute atomic E-state index is 14.4. The fraction of sp³-hybridized carbons (Fsp3) is 0.458. The van der Waals surface area contributed by atoms with Crippen LogP contribution in [-0.4, -0.2) is 42.2 Å². The van der Waals surface area contributed by atoms with Crippen molar-refractivity contribution in [3.8, 4) is 0 Å². The number of aliphatic carboxylic acids is 1. The molecule has 3 atom stereocenters. The summed E-state index contributed by atoms with van der Waals surface area (Å²) in [5.41, 5.74) is 1.15. The Labute approximate surface area is 176 Å². The lowest BCUT2D eigenvalue weighted by atomic mass is 9.84. The molecule has 1 fully saturated rings. The number of carbonyl (C=O) groups is 1. The predicted octanol–water partition coefficient (Wildman–Crippen LogP) is 4.89. The van der Waals surface area contributed by atoms with Gasteiger partial charge in [-0.2, -0.15) is 0 Å². The summed E-state index contributed by atoms with van der Waals surface area (Å²) < 4.78 is 33.8. The van der Waals surface area contributed by atoms with Crippen LogP contribution in [0.5, 0.6) is 0 Å². The third-order valence-electron chi connectivity index (χ3n) is 5.87. The first kappa shape index (κ1) is 22.4. The van der Waals surface area contributed by atoms with E-state index < -0.39 is 12.1 Å². The molecule has 0 aliphatic carbocycles. The van der Waals surface area contributed by atoms with Crippen LogP contribution >= 0.6 is 0 Å². The van der Waals surface area contributed by atoms with E-state index in [4.69, 9.17) is 9.84 Å². The molecule has 2 aromatic rings. The second-order valence-electron chi connectivity index (χ2n) is 8.10. The number of halogens is 2. The molecular formula is C24H29F2NO3. The van der Waals surface area contributed by atoms with E-state index in [2.05, 4.69) is 11.8 Å². The van der Waals surface area contributed by atoms with E-state index in [0.29, 0.717) is 23.7 Å². The zero-order chi connectivity index (χ0) is 21.5. The molecule has 2 aromatic carbocycles. The fourth-order valence-corrected chi connectivity index (χ4v) is 4.19. The summed E-state index contributed by atoms with van der Waals surface area (Å²) in [6.07, 6.45) is 1.32. The predicted molar refractivity (Wildman–Crippen MR) is 111 cm³/mol. The van der Waals surface area contributed by atoms with Gasteiger partial charge in [0.25, 0.3) is 0 Å². The number of benzene rings is 2. The van der Waals surface area contributed by atoms with Gasteiger partial charge in [-0.15, -0.1) is 0 Å². The normalized spacial score (nSPS) is 20.8. The maximum Gasteiger partial charge on any atom is 0.303 e. The quantitative estimate of drug-likeness (QED) is 0.590. The Morgan fingerprint density at radius 3 is 2.60 bits per heavy atom. The molecule has 162 valence electrons. The summed E-state index contributed by atoms with van der Waals surface area (Å²) in [5.74, 6) is -0.832. The fourth-order valence-electron chi connectivity index (χ4n) is 4.19. The van der Waals surface area contributed by atoms with Crippen LogP contribution in [0.3, 0.4) is 0 Å². The molecule has 1 saturated heterocycles. The molecule has 1 aliphatic heterocycles. The summed E-state index contributed by atoms with van der Waals surface area (Å²) in [6.45, 7) is 5.17. The maximum atomic E-state index is 14.4. The van der Waals surface area contributed by atoms with Gasteiger partial charge in [-0.1, -0.05) is 37.3 Å². The average Bonchev–Trinajstić information content (AvgIpc) is 2.71. The topological polar surface area (TPSA) is 49.8 Å². The van der Waals surface area contributed by atoms with Gasteiger partial charge >= 0.3 is 5.97 Å². The standard InChI is InChI=1S/C24H29F2NO3/c1-17-16-27(13-11-19(17)15-23(28)29)12-4-14-30-24(18-7-9-20(25)10-8-18)21-5-2-3-6-22(21)26/h2-3,5-10,17,19,24H,4,11-16H2,1H3,(H,28,29)/t17-,19-,24?/m1/s1. The van der Waals surface area contributed by atoms with E-state index >= 15 is 0 Å². The number of hydrogen-bond donors (Lipinski definition) is 1. The van der Waals surface area contributed by atoms with E-state index in [1.54, 1.807) is 30.3 Å². The Bertz CT molecular complexity index is 827. The number of likely N-dealkylation sites (tertiary alicyclic amines) is 1. The molecule has 30 heavy (non-hydrogen) atoms. The zero-order valence-electron chi connectivity index (χ0n) is 17.3. The van der Waals surface area contributed by atoms with Gasteiger partial charge in [-0.25, -0.2) is 8.78 Å². The third kappa shape index (κ3) is 6.09. The van der Waals surface area contributed by atoms with Gasteiger partial charge in [0.15, 0.2) is 0 Å². The first-order valence-electron chi connectivity index (χ1n) is 10.5. The van der Waals surface area contributed by atoms with Gasteiger partial charge in [-0.3, -0.25) is 4.79 Å². The molecule has 0 bridgehead atoms. The lowest BCUT2D eigenvalue weighted by Crippen LogP contribution is -2.40. The largest absolute Gasteiger partial charge is 0.481 e. The summed E-state index contributed by atoms with van der Waals surface area (Å²) in [4.78, 5) is 13.3. The number of piperidine rings is 1. The SMILES string of the molecule is C[C@@H]1CN(CCCOC(c2ccc(F)cc2)c2ccccc2F)CC[C@@H]1CC(=O)O. The molecule has 0 aromatic heterocycles. The van der Waals surface area contributed by atoms with Crippen LogP contribution in [0.2, 0.25) is 0 Å². The minimum atomic E-state index is -0.728. The van der Waals surface area contributed by atoms with Crippen molar-refractivity contribution in [1.82, 2.24) is 4.90 Å². The number of rotatable bonds is 9. The smallest absolute Gasteiger partial charge is 0.303 e. The van der Waals surface area contributed by atoms with Crippen LogP contribution in [0, 0.1) is 23.5 Å². The lowest BCUT2D eigenvalue weighted by molar-refractivity contribution is -0.139. The van der Waals surface area contributed by atoms with E-state index in [9.17, 15) is 13.6 Å². The minimum absolute atomic E-state index is 0.235. The number of nitrogens with zero attached hydrogens (tertiary/aromatic N) is 1. The molecule has 1 unspecified atom stereocenters. The molecule has 4 nitrogen and oxygen atoms in total. The van der Waals surface area contributed by atoms with Crippen LogP contribution in [0.25, 0.3) is 0 Å². The lowest BCUT2D eigenvalue weighted by Gasteiger charge is -2.36. The van der Waals surface area contributed by atoms with Crippen molar-refractivity contribution in [2.45, 2.75) is 32.3 Å². The Morgan fingerprint density at radius 1 is 1.20 bits per heavy atom. The molecule has 6 heteroatoms. The van der Waals surface area contributed by atoms with Crippen molar-refractivity contribution in [3.63, 3.8) is 0 Å². The molecule has 1 heterocycles. The Balaban J connectivity index is 1.55. The molecule has 0 spiro atoms. The van der Waals surface area contributed by atoms with E-state index in [0.717, 1.165) is 32.5 Å². The monoisotopic (exact) mass is 417 g/mol. The van der Waals surface area contributed by atoms with Gasteiger partial charge < -0.3 is 14.7 Å². The summed E-state index contributed by atoms with van der Waals surface area (Å²) in [7, 11) is 0. The van der Waals surface area contributed by atoms with Gasteiger partial charge in [0, 0.05) is 31.7 Å². The average molecular weight is 417 g/mol. The molecule has 0 saturated carbocycles. The van der Waals surface area contributed by atoms with Gasteiger partial charge in [0.05, 0.1) is 0 Å². The third-order valence-corrected chi connectivity index (χ3v) is 5.87. The molecule has 0 radical (unpaired) electrons. The second kappa shape index (κ2) is 10.6. The molecule has 1 N–H and O–H groups in total. The van der Waals surface area contributed by atoms with Gasteiger partial charge in [0.1, 0.15) is 17.7 Å². The Morgan fingerprint density at radius 2 is 1.93 bits per heavy atom. The summed E-state index contributed by atoms with van der Waals surface area (Å²) in [6, 6.07) is 12.5. The van der Waals surface area contributed by atoms with Gasteiger partial charge in [0.2, 0.25) is 0 Å². The molecule has 1 aliphatic rings. The first-order chi connectivity index (χ1) is 14.4. The highest BCUT2D eigenvalue weighted by molar-refractivity contribution is 5.67. The molecule has 3 rings (SSSR count). The van der Waals surface area contributed by atoms with Crippen LogP contribution in [0.4, 0.5) is 8.78 Å². The summed E-state index contributed by atoms with van der Waals surface area (Å²) >= 11 is 0. The Kier molecular flexibility index (Phi) is 7.94. The number of hydrogen-bond acceptors (Lipinski definition) is 3. The second-order valence-corrected chi connectivity index (χ2v) is 8.10. The van der Waals surface area contributed by atoms with E-state index in [1.165, 1.54) is 18.2 Å². The van der Waals surface area contributed by atoms with Crippen LogP contribution in [-0.2, 0) is 9.53 Å². The highest BCUT2D eigenvalue weighted by Gasteiger charge is 2.27. The minimum Gasteiger partial charge on any atom is -0.481 e. The van der Waals surface area contributed by atoms with Gasteiger partial charge in [-0.05, 0) is 55.0 Å². The highest BCUT2D eigenvalue weighted by Crippen LogP contribution is 2.29. The van der Waals surface area contributed by atoms with Crippen molar-refractivity contribution in [2.24, 2.45) is 11.8 Å². The number of carboxylic acid groups (broad SMARTS) is 1. The Hall–Kier alpha value is -2.31. The van der Waals surface area contributed by atoms with Crippen LogP contribution in [0.15, 0.2) is 48.5 Å². The summed E-state index contributed by atoms with van der Waals surface area (Å²) in [5, 5.41) is 9.02. The molecular weight excluding hydrogens is 388 g/mol. The number of ether oxygens (including phenoxy) is 1. The van der Waals surface area contributed by atoms with Crippen molar-refractivity contribution in [1.29, 1.82) is 0 Å². The highest BCUT2D eigenvalue weighted by atomic mass is 19.1. The van der Waals surface area contributed by atoms with Crippen LogP contribution < -0.4 is 0 Å². The first-order valence-corrected chi connectivity index (χ1v) is 10.5.